The lowest BCUT2D eigenvalue weighted by atomic mass is 10.0. The third kappa shape index (κ3) is 1.65. The van der Waals surface area contributed by atoms with Crippen LogP contribution in [0.15, 0.2) is 18.5 Å². The highest BCUT2D eigenvalue weighted by Gasteiger charge is 2.21. The van der Waals surface area contributed by atoms with E-state index in [-0.39, 0.29) is 11.3 Å². The molecule has 0 aliphatic heterocycles. The smallest absolute Gasteiger partial charge is 0.264 e. The molecule has 6 nitrogen and oxygen atoms in total. The summed E-state index contributed by atoms with van der Waals surface area (Å²) in [5.41, 5.74) is -0.226. The molecule has 0 unspecified atom stereocenters. The molecule has 0 amide bonds. The summed E-state index contributed by atoms with van der Waals surface area (Å²) < 4.78 is 0. The number of nitriles is 2. The van der Waals surface area contributed by atoms with E-state index in [0.717, 1.165) is 12.3 Å². The van der Waals surface area contributed by atoms with Crippen molar-refractivity contribution in [1.82, 2.24) is 4.98 Å². The Kier molecular flexibility index (Phi) is 2.72. The summed E-state index contributed by atoms with van der Waals surface area (Å²) in [6.07, 6.45) is 2.41. The number of nitrogens with zero attached hydrogens (tertiary/aromatic N) is 4. The topological polar surface area (TPSA) is 104 Å². The monoisotopic (exact) mass is 188 g/mol. The molecule has 0 saturated heterocycles. The van der Waals surface area contributed by atoms with Gasteiger partial charge >= 0.3 is 0 Å². The van der Waals surface area contributed by atoms with E-state index in [1.807, 2.05) is 0 Å². The van der Waals surface area contributed by atoms with Gasteiger partial charge in [-0.15, -0.1) is 0 Å². The summed E-state index contributed by atoms with van der Waals surface area (Å²) in [5.74, 6) is -1.15. The van der Waals surface area contributed by atoms with Crippen molar-refractivity contribution in [2.75, 3.05) is 0 Å². The number of pyridine rings is 1. The van der Waals surface area contributed by atoms with E-state index in [2.05, 4.69) is 4.98 Å². The molecule has 1 heterocycles. The first kappa shape index (κ1) is 9.62. The van der Waals surface area contributed by atoms with E-state index in [4.69, 9.17) is 10.5 Å². The highest BCUT2D eigenvalue weighted by Crippen LogP contribution is 2.24. The maximum Gasteiger partial charge on any atom is 0.278 e. The molecular formula is C8H4N4O2. The average Bonchev–Trinajstić information content (AvgIpc) is 2.20. The van der Waals surface area contributed by atoms with Crippen molar-refractivity contribution in [3.63, 3.8) is 0 Å². The molecule has 14 heavy (non-hydrogen) atoms. The second-order valence-corrected chi connectivity index (χ2v) is 2.38. The van der Waals surface area contributed by atoms with Gasteiger partial charge in [0, 0.05) is 18.5 Å². The molecule has 0 N–H and O–H groups in total. The van der Waals surface area contributed by atoms with Gasteiger partial charge in [-0.1, -0.05) is 0 Å². The summed E-state index contributed by atoms with van der Waals surface area (Å²) in [7, 11) is 0. The average molecular weight is 188 g/mol. The molecule has 1 aromatic rings. The van der Waals surface area contributed by atoms with Crippen LogP contribution in [0.4, 0.5) is 5.69 Å². The van der Waals surface area contributed by atoms with Crippen molar-refractivity contribution in [3.8, 4) is 12.1 Å². The highest BCUT2D eigenvalue weighted by molar-refractivity contribution is 5.45. The fourth-order valence-corrected chi connectivity index (χ4v) is 0.956. The molecule has 0 bridgehead atoms. The van der Waals surface area contributed by atoms with E-state index >= 15 is 0 Å². The van der Waals surface area contributed by atoms with Crippen molar-refractivity contribution in [1.29, 1.82) is 10.5 Å². The Morgan fingerprint density at radius 1 is 1.50 bits per heavy atom. The van der Waals surface area contributed by atoms with Gasteiger partial charge in [0.2, 0.25) is 0 Å². The lowest BCUT2D eigenvalue weighted by Crippen LogP contribution is -1.99. The Morgan fingerprint density at radius 2 is 2.14 bits per heavy atom. The minimum Gasteiger partial charge on any atom is -0.264 e. The van der Waals surface area contributed by atoms with Crippen LogP contribution in [-0.4, -0.2) is 9.91 Å². The van der Waals surface area contributed by atoms with E-state index in [0.29, 0.717) is 0 Å². The minimum atomic E-state index is -1.15. The lowest BCUT2D eigenvalue weighted by molar-refractivity contribution is -0.385. The zero-order valence-corrected chi connectivity index (χ0v) is 6.91. The first-order chi connectivity index (χ1) is 6.70. The number of hydrogen-bond acceptors (Lipinski definition) is 5. The van der Waals surface area contributed by atoms with E-state index in [1.165, 1.54) is 6.20 Å². The van der Waals surface area contributed by atoms with E-state index < -0.39 is 10.8 Å². The molecule has 1 aromatic heterocycles. The molecule has 0 radical (unpaired) electrons. The lowest BCUT2D eigenvalue weighted by Gasteiger charge is -1.99. The molecule has 1 rings (SSSR count). The Hall–Kier alpha value is -2.47. The summed E-state index contributed by atoms with van der Waals surface area (Å²) >= 11 is 0. The van der Waals surface area contributed by atoms with Crippen LogP contribution in [0.2, 0.25) is 0 Å². The number of nitro groups is 1. The molecule has 0 atom stereocenters. The third-order valence-electron chi connectivity index (χ3n) is 1.59. The van der Waals surface area contributed by atoms with Crippen LogP contribution in [0.5, 0.6) is 0 Å². The van der Waals surface area contributed by atoms with E-state index in [1.54, 1.807) is 12.1 Å². The maximum absolute atomic E-state index is 10.5. The molecule has 0 aliphatic rings. The normalized spacial score (nSPS) is 9.07. The molecule has 0 spiro atoms. The van der Waals surface area contributed by atoms with Crippen molar-refractivity contribution < 1.29 is 4.92 Å². The fraction of sp³-hybridized carbons (Fsp3) is 0.125. The second kappa shape index (κ2) is 3.97. The Labute approximate surface area is 79.2 Å². The van der Waals surface area contributed by atoms with Gasteiger partial charge in [0.25, 0.3) is 5.69 Å². The predicted octanol–water partition coefficient (Wildman–Crippen LogP) is 1.12. The van der Waals surface area contributed by atoms with Gasteiger partial charge in [-0.2, -0.15) is 10.5 Å². The fourth-order valence-electron chi connectivity index (χ4n) is 0.956. The number of rotatable bonds is 2. The van der Waals surface area contributed by atoms with Crippen LogP contribution in [0.3, 0.4) is 0 Å². The van der Waals surface area contributed by atoms with Crippen molar-refractivity contribution in [2.24, 2.45) is 0 Å². The van der Waals surface area contributed by atoms with Gasteiger partial charge in [-0.3, -0.25) is 15.1 Å². The quantitative estimate of drug-likeness (QED) is 0.510. The summed E-state index contributed by atoms with van der Waals surface area (Å²) in [4.78, 5) is 13.5. The Balaban J connectivity index is 3.29. The number of hydrogen-bond donors (Lipinski definition) is 0. The van der Waals surface area contributed by atoms with Crippen LogP contribution in [0.1, 0.15) is 11.5 Å². The molecule has 68 valence electrons. The van der Waals surface area contributed by atoms with Crippen LogP contribution in [-0.2, 0) is 0 Å². The second-order valence-electron chi connectivity index (χ2n) is 2.38. The standard InChI is InChI=1S/C8H4N4O2/c9-3-6(4-10)7-5-11-2-1-8(7)12(13)14/h1-2,5-6H. The van der Waals surface area contributed by atoms with Crippen LogP contribution < -0.4 is 0 Å². The van der Waals surface area contributed by atoms with Gasteiger partial charge < -0.3 is 0 Å². The summed E-state index contributed by atoms with van der Waals surface area (Å²) in [6, 6.07) is 4.48. The molecule has 0 aliphatic carbocycles. The predicted molar refractivity (Wildman–Crippen MR) is 44.9 cm³/mol. The van der Waals surface area contributed by atoms with Crippen LogP contribution in [0.25, 0.3) is 0 Å². The van der Waals surface area contributed by atoms with Gasteiger partial charge in [0.1, 0.15) is 0 Å². The maximum atomic E-state index is 10.5. The summed E-state index contributed by atoms with van der Waals surface area (Å²) in [5, 5.41) is 27.6. The highest BCUT2D eigenvalue weighted by atomic mass is 16.6. The first-order valence-electron chi connectivity index (χ1n) is 3.58. The van der Waals surface area contributed by atoms with Crippen LogP contribution >= 0.6 is 0 Å². The van der Waals surface area contributed by atoms with Crippen molar-refractivity contribution in [3.05, 3.63) is 34.1 Å². The van der Waals surface area contributed by atoms with Gasteiger partial charge in [-0.25, -0.2) is 0 Å². The zero-order valence-electron chi connectivity index (χ0n) is 6.91. The van der Waals surface area contributed by atoms with Crippen LogP contribution in [0, 0.1) is 32.8 Å². The van der Waals surface area contributed by atoms with Gasteiger partial charge in [-0.05, 0) is 0 Å². The van der Waals surface area contributed by atoms with Gasteiger partial charge in [0.05, 0.1) is 22.6 Å². The van der Waals surface area contributed by atoms with E-state index in [9.17, 15) is 10.1 Å². The minimum absolute atomic E-state index is 0.0301. The number of aromatic nitrogens is 1. The first-order valence-corrected chi connectivity index (χ1v) is 3.58. The summed E-state index contributed by atoms with van der Waals surface area (Å²) in [6.45, 7) is 0. The van der Waals surface area contributed by atoms with Crippen molar-refractivity contribution in [2.45, 2.75) is 5.92 Å². The molecular weight excluding hydrogens is 184 g/mol. The molecule has 6 heteroatoms. The largest absolute Gasteiger partial charge is 0.278 e. The third-order valence-corrected chi connectivity index (χ3v) is 1.59. The molecule has 0 fully saturated rings. The Bertz CT molecular complexity index is 429. The van der Waals surface area contributed by atoms with Gasteiger partial charge in [0.15, 0.2) is 5.92 Å². The molecule has 0 aromatic carbocycles. The SMILES string of the molecule is N#CC(C#N)c1cnccc1[N+](=O)[O-]. The zero-order chi connectivity index (χ0) is 10.6. The molecule has 0 saturated carbocycles. The Morgan fingerprint density at radius 3 is 2.64 bits per heavy atom. The van der Waals surface area contributed by atoms with Crippen molar-refractivity contribution >= 4 is 5.69 Å².